The molecule has 1 aliphatic heterocycles. The molecule has 7 nitrogen and oxygen atoms in total. The molecular weight excluding hydrogens is 449 g/mol. The highest BCUT2D eigenvalue weighted by molar-refractivity contribution is 5.81. The van der Waals surface area contributed by atoms with E-state index in [-0.39, 0.29) is 17.9 Å². The van der Waals surface area contributed by atoms with Crippen LogP contribution >= 0.6 is 0 Å². The van der Waals surface area contributed by atoms with Gasteiger partial charge in [-0.1, -0.05) is 6.07 Å². The predicted octanol–water partition coefficient (Wildman–Crippen LogP) is 5.53. The monoisotopic (exact) mass is 476 g/mol. The van der Waals surface area contributed by atoms with Crippen molar-refractivity contribution in [3.8, 4) is 11.4 Å². The topological polar surface area (TPSA) is 69.5 Å². The van der Waals surface area contributed by atoms with Gasteiger partial charge in [0.25, 0.3) is 0 Å². The number of halogens is 3. The lowest BCUT2D eigenvalue weighted by molar-refractivity contribution is -0.137. The number of carbonyl (C=O) groups excluding carboxylic acids is 1. The van der Waals surface area contributed by atoms with Gasteiger partial charge in [-0.25, -0.2) is 14.5 Å². The first-order chi connectivity index (χ1) is 15.9. The van der Waals surface area contributed by atoms with Crippen molar-refractivity contribution in [2.45, 2.75) is 58.4 Å². The lowest BCUT2D eigenvalue weighted by atomic mass is 10.1. The standard InChI is InChI=1S/C24H27F3N4O3/c1-15-20-13-19(33-18-8-10-30(11-9-18)22(32)34-23(2,3)4)14-28-21(20)31(29-15)17-7-5-6-16(12-17)24(25,26)27/h5-7,12-14,18H,8-11H2,1-4H3. The quantitative estimate of drug-likeness (QED) is 0.498. The molecule has 1 saturated heterocycles. The number of amides is 1. The molecule has 0 bridgehead atoms. The predicted molar refractivity (Wildman–Crippen MR) is 120 cm³/mol. The molecule has 3 aromatic rings. The number of aryl methyl sites for hydroxylation is 1. The number of hydrogen-bond donors (Lipinski definition) is 0. The Bertz CT molecular complexity index is 1190. The Hall–Kier alpha value is -3.30. The van der Waals surface area contributed by atoms with Crippen LogP contribution in [0.2, 0.25) is 0 Å². The number of rotatable bonds is 3. The first-order valence-corrected chi connectivity index (χ1v) is 11.1. The van der Waals surface area contributed by atoms with E-state index in [4.69, 9.17) is 9.47 Å². The van der Waals surface area contributed by atoms with Crippen molar-refractivity contribution in [2.24, 2.45) is 0 Å². The average molecular weight is 476 g/mol. The molecule has 0 aliphatic carbocycles. The third kappa shape index (κ3) is 5.26. The van der Waals surface area contributed by atoms with E-state index >= 15 is 0 Å². The zero-order valence-electron chi connectivity index (χ0n) is 19.5. The van der Waals surface area contributed by atoms with Crippen LogP contribution in [-0.2, 0) is 10.9 Å². The Labute approximate surface area is 195 Å². The maximum atomic E-state index is 13.1. The van der Waals surface area contributed by atoms with Gasteiger partial charge in [-0.05, 0) is 52.0 Å². The number of fused-ring (bicyclic) bond motifs is 1. The van der Waals surface area contributed by atoms with E-state index in [2.05, 4.69) is 10.1 Å². The van der Waals surface area contributed by atoms with Crippen molar-refractivity contribution in [3.63, 3.8) is 0 Å². The maximum absolute atomic E-state index is 13.1. The summed E-state index contributed by atoms with van der Waals surface area (Å²) in [6.45, 7) is 8.34. The minimum Gasteiger partial charge on any atom is -0.489 e. The summed E-state index contributed by atoms with van der Waals surface area (Å²) < 4.78 is 52.3. The van der Waals surface area contributed by atoms with E-state index in [1.807, 2.05) is 20.8 Å². The molecular formula is C24H27F3N4O3. The molecule has 34 heavy (non-hydrogen) atoms. The summed E-state index contributed by atoms with van der Waals surface area (Å²) in [5, 5.41) is 5.10. The number of hydrogen-bond acceptors (Lipinski definition) is 5. The molecule has 1 aliphatic rings. The van der Waals surface area contributed by atoms with Crippen LogP contribution in [0.3, 0.4) is 0 Å². The molecule has 0 N–H and O–H groups in total. The molecule has 182 valence electrons. The number of pyridine rings is 1. The van der Waals surface area contributed by atoms with Crippen LogP contribution in [-0.4, -0.2) is 50.6 Å². The maximum Gasteiger partial charge on any atom is 0.416 e. The highest BCUT2D eigenvalue weighted by Crippen LogP contribution is 2.32. The van der Waals surface area contributed by atoms with E-state index in [1.165, 1.54) is 10.7 Å². The summed E-state index contributed by atoms with van der Waals surface area (Å²) in [6, 6.07) is 6.79. The van der Waals surface area contributed by atoms with Crippen molar-refractivity contribution in [2.75, 3.05) is 13.1 Å². The number of aromatic nitrogens is 3. The Morgan fingerprint density at radius 1 is 1.12 bits per heavy atom. The largest absolute Gasteiger partial charge is 0.489 e. The number of carbonyl (C=O) groups is 1. The van der Waals surface area contributed by atoms with Crippen molar-refractivity contribution in [1.82, 2.24) is 19.7 Å². The third-order valence-electron chi connectivity index (χ3n) is 5.50. The van der Waals surface area contributed by atoms with Gasteiger partial charge >= 0.3 is 12.3 Å². The molecule has 3 heterocycles. The van der Waals surface area contributed by atoms with Gasteiger partial charge in [0.15, 0.2) is 5.65 Å². The van der Waals surface area contributed by atoms with Gasteiger partial charge in [-0.15, -0.1) is 0 Å². The molecule has 0 unspecified atom stereocenters. The number of likely N-dealkylation sites (tertiary alicyclic amines) is 1. The van der Waals surface area contributed by atoms with E-state index in [1.54, 1.807) is 30.2 Å². The van der Waals surface area contributed by atoms with Crippen LogP contribution in [0.4, 0.5) is 18.0 Å². The zero-order valence-corrected chi connectivity index (χ0v) is 19.5. The van der Waals surface area contributed by atoms with Crippen molar-refractivity contribution >= 4 is 17.1 Å². The number of benzene rings is 1. The number of ether oxygens (including phenoxy) is 2. The third-order valence-corrected chi connectivity index (χ3v) is 5.50. The van der Waals surface area contributed by atoms with Gasteiger partial charge in [0, 0.05) is 31.3 Å². The Balaban J connectivity index is 1.48. The summed E-state index contributed by atoms with van der Waals surface area (Å²) in [6.07, 6.45) is -2.00. The summed E-state index contributed by atoms with van der Waals surface area (Å²) >= 11 is 0. The highest BCUT2D eigenvalue weighted by atomic mass is 19.4. The Morgan fingerprint density at radius 2 is 1.82 bits per heavy atom. The summed E-state index contributed by atoms with van der Waals surface area (Å²) in [4.78, 5) is 18.3. The van der Waals surface area contributed by atoms with Gasteiger partial charge in [0.1, 0.15) is 17.5 Å². The Morgan fingerprint density at radius 3 is 2.47 bits per heavy atom. The second-order valence-corrected chi connectivity index (χ2v) is 9.37. The normalized spacial score (nSPS) is 15.6. The first kappa shape index (κ1) is 23.8. The second-order valence-electron chi connectivity index (χ2n) is 9.37. The minimum absolute atomic E-state index is 0.0863. The van der Waals surface area contributed by atoms with Crippen LogP contribution in [0.25, 0.3) is 16.7 Å². The SMILES string of the molecule is Cc1nn(-c2cccc(C(F)(F)F)c2)c2ncc(OC3CCN(C(=O)OC(C)(C)C)CC3)cc12. The Kier molecular flexibility index (Phi) is 6.18. The molecule has 0 spiro atoms. The molecule has 1 aromatic carbocycles. The number of alkyl halides is 3. The van der Waals surface area contributed by atoms with Crippen LogP contribution < -0.4 is 4.74 Å². The van der Waals surface area contributed by atoms with Gasteiger partial charge in [0.05, 0.1) is 23.1 Å². The minimum atomic E-state index is -4.44. The fourth-order valence-electron chi connectivity index (χ4n) is 3.86. The second kappa shape index (κ2) is 8.81. The average Bonchev–Trinajstić information content (AvgIpc) is 3.09. The fourth-order valence-corrected chi connectivity index (χ4v) is 3.86. The van der Waals surface area contributed by atoms with Crippen LogP contribution in [0.5, 0.6) is 5.75 Å². The van der Waals surface area contributed by atoms with Crippen LogP contribution in [0.15, 0.2) is 36.5 Å². The highest BCUT2D eigenvalue weighted by Gasteiger charge is 2.31. The van der Waals surface area contributed by atoms with Gasteiger partial charge in [-0.2, -0.15) is 18.3 Å². The smallest absolute Gasteiger partial charge is 0.416 e. The molecule has 2 aromatic heterocycles. The van der Waals surface area contributed by atoms with Crippen molar-refractivity contribution in [1.29, 1.82) is 0 Å². The van der Waals surface area contributed by atoms with Crippen molar-refractivity contribution < 1.29 is 27.4 Å². The molecule has 0 radical (unpaired) electrons. The van der Waals surface area contributed by atoms with Gasteiger partial charge < -0.3 is 14.4 Å². The lowest BCUT2D eigenvalue weighted by Crippen LogP contribution is -2.44. The summed E-state index contributed by atoms with van der Waals surface area (Å²) in [7, 11) is 0. The molecule has 4 rings (SSSR count). The van der Waals surface area contributed by atoms with E-state index in [0.717, 1.165) is 12.1 Å². The first-order valence-electron chi connectivity index (χ1n) is 11.1. The molecule has 1 fully saturated rings. The number of piperidine rings is 1. The number of nitrogens with zero attached hydrogens (tertiary/aromatic N) is 4. The van der Waals surface area contributed by atoms with E-state index in [0.29, 0.717) is 48.4 Å². The summed E-state index contributed by atoms with van der Waals surface area (Å²) in [5.41, 5.74) is 0.0728. The summed E-state index contributed by atoms with van der Waals surface area (Å²) in [5.74, 6) is 0.551. The van der Waals surface area contributed by atoms with Crippen molar-refractivity contribution in [3.05, 3.63) is 47.8 Å². The fraction of sp³-hybridized carbons (Fsp3) is 0.458. The zero-order chi connectivity index (χ0) is 24.7. The van der Waals surface area contributed by atoms with Gasteiger partial charge in [-0.3, -0.25) is 0 Å². The van der Waals surface area contributed by atoms with E-state index in [9.17, 15) is 18.0 Å². The van der Waals surface area contributed by atoms with E-state index < -0.39 is 17.3 Å². The lowest BCUT2D eigenvalue weighted by Gasteiger charge is -2.33. The van der Waals surface area contributed by atoms with Crippen LogP contribution in [0, 0.1) is 6.92 Å². The molecule has 0 saturated carbocycles. The molecule has 0 atom stereocenters. The molecule has 10 heteroatoms. The van der Waals surface area contributed by atoms with Crippen LogP contribution in [0.1, 0.15) is 44.9 Å². The molecule has 1 amide bonds. The van der Waals surface area contributed by atoms with Gasteiger partial charge in [0.2, 0.25) is 0 Å².